The molecule has 0 saturated carbocycles. The van der Waals surface area contributed by atoms with Gasteiger partial charge in [0.1, 0.15) is 0 Å². The Hall–Kier alpha value is -0.910. The number of hydrogen-bond donors (Lipinski definition) is 1. The van der Waals surface area contributed by atoms with Crippen molar-refractivity contribution >= 4 is 50.8 Å². The van der Waals surface area contributed by atoms with Crippen LogP contribution in [0.4, 0.5) is 11.6 Å². The van der Waals surface area contributed by atoms with Crippen LogP contribution in [0.25, 0.3) is 0 Å². The topological polar surface area (TPSA) is 50.7 Å². The fraction of sp³-hybridized carbons (Fsp3) is 0. The van der Waals surface area contributed by atoms with Crippen molar-refractivity contribution in [1.29, 1.82) is 0 Å². The highest BCUT2D eigenvalue weighted by Gasteiger charge is 2.03. The molecule has 1 N–H and O–H groups in total. The van der Waals surface area contributed by atoms with E-state index in [4.69, 9.17) is 23.2 Å². The Bertz CT molecular complexity index is 483. The minimum atomic E-state index is 0.0552. The summed E-state index contributed by atoms with van der Waals surface area (Å²) in [5.41, 5.74) is 0.835. The lowest BCUT2D eigenvalue weighted by molar-refractivity contribution is 1.05. The molecule has 0 radical (unpaired) electrons. The van der Waals surface area contributed by atoms with E-state index in [9.17, 15) is 0 Å². The molecule has 2 aromatic rings. The average Bonchev–Trinajstić information content (AvgIpc) is 2.20. The van der Waals surface area contributed by atoms with Crippen LogP contribution in [0.15, 0.2) is 28.7 Å². The van der Waals surface area contributed by atoms with E-state index in [1.54, 1.807) is 0 Å². The smallest absolute Gasteiger partial charge is 0.232 e. The summed E-state index contributed by atoms with van der Waals surface area (Å²) >= 11 is 14.6. The monoisotopic (exact) mass is 318 g/mol. The molecule has 16 heavy (non-hydrogen) atoms. The molecule has 1 aromatic heterocycles. The summed E-state index contributed by atoms with van der Waals surface area (Å²) in [4.78, 5) is 11.4. The first-order chi connectivity index (χ1) is 7.63. The SMILES string of the molecule is Clc1nc(Cl)nc(Nc2ccc(Br)cc2)n1. The molecule has 2 rings (SSSR count). The van der Waals surface area contributed by atoms with Gasteiger partial charge in [0.15, 0.2) is 0 Å². The lowest BCUT2D eigenvalue weighted by Crippen LogP contribution is -1.99. The van der Waals surface area contributed by atoms with Gasteiger partial charge in [-0.25, -0.2) is 0 Å². The van der Waals surface area contributed by atoms with Gasteiger partial charge in [-0.15, -0.1) is 0 Å². The maximum Gasteiger partial charge on any atom is 0.232 e. The summed E-state index contributed by atoms with van der Waals surface area (Å²) in [7, 11) is 0. The second-order valence-corrected chi connectivity index (χ2v) is 4.42. The van der Waals surface area contributed by atoms with Crippen LogP contribution in [0, 0.1) is 0 Å². The van der Waals surface area contributed by atoms with Crippen molar-refractivity contribution in [2.45, 2.75) is 0 Å². The number of aromatic nitrogens is 3. The zero-order chi connectivity index (χ0) is 11.5. The summed E-state index contributed by atoms with van der Waals surface area (Å²) in [6.45, 7) is 0. The lowest BCUT2D eigenvalue weighted by Gasteiger charge is -2.04. The number of hydrogen-bond acceptors (Lipinski definition) is 4. The number of rotatable bonds is 2. The first kappa shape index (κ1) is 11.6. The van der Waals surface area contributed by atoms with Crippen molar-refractivity contribution in [3.63, 3.8) is 0 Å². The minimum absolute atomic E-state index is 0.0552. The summed E-state index contributed by atoms with van der Waals surface area (Å²) < 4.78 is 0.991. The zero-order valence-electron chi connectivity index (χ0n) is 7.78. The van der Waals surface area contributed by atoms with Gasteiger partial charge in [-0.3, -0.25) is 0 Å². The summed E-state index contributed by atoms with van der Waals surface area (Å²) in [5, 5.41) is 3.07. The predicted molar refractivity (Wildman–Crippen MR) is 67.3 cm³/mol. The van der Waals surface area contributed by atoms with Crippen LogP contribution in [-0.4, -0.2) is 15.0 Å². The van der Waals surface area contributed by atoms with E-state index >= 15 is 0 Å². The highest BCUT2D eigenvalue weighted by atomic mass is 79.9. The quantitative estimate of drug-likeness (QED) is 0.917. The van der Waals surface area contributed by atoms with Crippen molar-refractivity contribution in [2.24, 2.45) is 0 Å². The minimum Gasteiger partial charge on any atom is -0.324 e. The van der Waals surface area contributed by atoms with Crippen LogP contribution in [0.1, 0.15) is 0 Å². The van der Waals surface area contributed by atoms with Gasteiger partial charge in [-0.2, -0.15) is 15.0 Å². The van der Waals surface area contributed by atoms with Gasteiger partial charge >= 0.3 is 0 Å². The number of anilines is 2. The van der Waals surface area contributed by atoms with Crippen LogP contribution >= 0.6 is 39.1 Å². The summed E-state index contributed by atoms with van der Waals surface area (Å²) in [5.74, 6) is 0.312. The Morgan fingerprint density at radius 1 is 0.938 bits per heavy atom. The molecule has 0 atom stereocenters. The molecular formula is C9H5BrCl2N4. The number of nitrogens with zero attached hydrogens (tertiary/aromatic N) is 3. The third kappa shape index (κ3) is 3.04. The normalized spacial score (nSPS) is 10.2. The molecule has 0 spiro atoms. The Kier molecular flexibility index (Phi) is 3.58. The number of nitrogens with one attached hydrogen (secondary N) is 1. The number of benzene rings is 1. The Balaban J connectivity index is 2.23. The molecule has 0 aliphatic rings. The average molecular weight is 320 g/mol. The van der Waals surface area contributed by atoms with Crippen LogP contribution in [0.3, 0.4) is 0 Å². The third-order valence-corrected chi connectivity index (χ3v) is 2.55. The molecule has 0 unspecified atom stereocenters. The Morgan fingerprint density at radius 3 is 2.06 bits per heavy atom. The van der Waals surface area contributed by atoms with Gasteiger partial charge in [0.25, 0.3) is 0 Å². The molecule has 82 valence electrons. The summed E-state index contributed by atoms with van der Waals surface area (Å²) in [6.07, 6.45) is 0. The van der Waals surface area contributed by atoms with Crippen molar-refractivity contribution in [1.82, 2.24) is 15.0 Å². The molecule has 0 saturated heterocycles. The van der Waals surface area contributed by atoms with Crippen molar-refractivity contribution in [2.75, 3.05) is 5.32 Å². The first-order valence-electron chi connectivity index (χ1n) is 4.23. The molecule has 0 aliphatic carbocycles. The molecule has 0 aliphatic heterocycles. The molecule has 0 bridgehead atoms. The molecule has 4 nitrogen and oxygen atoms in total. The van der Waals surface area contributed by atoms with E-state index in [0.717, 1.165) is 10.2 Å². The van der Waals surface area contributed by atoms with E-state index in [1.165, 1.54) is 0 Å². The molecule has 0 amide bonds. The van der Waals surface area contributed by atoms with Crippen LogP contribution in [-0.2, 0) is 0 Å². The fourth-order valence-corrected chi connectivity index (χ4v) is 1.67. The largest absolute Gasteiger partial charge is 0.324 e. The molecular weight excluding hydrogens is 315 g/mol. The molecule has 0 fully saturated rings. The van der Waals surface area contributed by atoms with Crippen molar-refractivity contribution in [3.8, 4) is 0 Å². The van der Waals surface area contributed by atoms with E-state index < -0.39 is 0 Å². The van der Waals surface area contributed by atoms with Crippen LogP contribution < -0.4 is 5.32 Å². The highest BCUT2D eigenvalue weighted by Crippen LogP contribution is 2.18. The maximum absolute atomic E-state index is 5.65. The van der Waals surface area contributed by atoms with E-state index in [0.29, 0.717) is 5.95 Å². The third-order valence-electron chi connectivity index (χ3n) is 1.68. The second kappa shape index (κ2) is 4.95. The predicted octanol–water partition coefficient (Wildman–Crippen LogP) is 3.68. The van der Waals surface area contributed by atoms with Gasteiger partial charge in [0, 0.05) is 10.2 Å². The van der Waals surface area contributed by atoms with Gasteiger partial charge in [-0.05, 0) is 47.5 Å². The zero-order valence-corrected chi connectivity index (χ0v) is 10.9. The van der Waals surface area contributed by atoms with Gasteiger partial charge < -0.3 is 5.32 Å². The maximum atomic E-state index is 5.65. The van der Waals surface area contributed by atoms with Crippen molar-refractivity contribution < 1.29 is 0 Å². The van der Waals surface area contributed by atoms with Crippen molar-refractivity contribution in [3.05, 3.63) is 39.3 Å². The fourth-order valence-electron chi connectivity index (χ4n) is 1.04. The van der Waals surface area contributed by atoms with E-state index in [-0.39, 0.29) is 10.6 Å². The van der Waals surface area contributed by atoms with Gasteiger partial charge in [-0.1, -0.05) is 15.9 Å². The van der Waals surface area contributed by atoms with E-state index in [1.807, 2.05) is 24.3 Å². The van der Waals surface area contributed by atoms with Crippen LogP contribution in [0.5, 0.6) is 0 Å². The lowest BCUT2D eigenvalue weighted by atomic mass is 10.3. The molecule has 1 aromatic carbocycles. The number of halogens is 3. The molecule has 7 heteroatoms. The Labute approximate surface area is 110 Å². The summed E-state index contributed by atoms with van der Waals surface area (Å²) in [6, 6.07) is 7.53. The molecule has 1 heterocycles. The Morgan fingerprint density at radius 2 is 1.50 bits per heavy atom. The van der Waals surface area contributed by atoms with Gasteiger partial charge in [0.2, 0.25) is 16.5 Å². The van der Waals surface area contributed by atoms with E-state index in [2.05, 4.69) is 36.2 Å². The highest BCUT2D eigenvalue weighted by molar-refractivity contribution is 9.10. The van der Waals surface area contributed by atoms with Crippen LogP contribution in [0.2, 0.25) is 10.6 Å². The first-order valence-corrected chi connectivity index (χ1v) is 5.78. The van der Waals surface area contributed by atoms with Gasteiger partial charge in [0.05, 0.1) is 0 Å². The second-order valence-electron chi connectivity index (χ2n) is 2.83. The standard InChI is InChI=1S/C9H5BrCl2N4/c10-5-1-3-6(4-2-5)13-9-15-7(11)14-8(12)16-9/h1-4H,(H,13,14,15,16).